The number of nitrogens with one attached hydrogen (secondary N) is 2. The Morgan fingerprint density at radius 2 is 2.00 bits per heavy atom. The van der Waals surface area contributed by atoms with Crippen LogP contribution in [0.25, 0.3) is 27.9 Å². The first-order valence-electron chi connectivity index (χ1n) is 12.3. The van der Waals surface area contributed by atoms with Crippen LogP contribution in [0.3, 0.4) is 0 Å². The molecule has 9 nitrogen and oxygen atoms in total. The maximum Gasteiger partial charge on any atom is 0.420 e. The third-order valence-corrected chi connectivity index (χ3v) is 6.92. The first-order chi connectivity index (χ1) is 17.4. The summed E-state index contributed by atoms with van der Waals surface area (Å²) >= 11 is 0. The van der Waals surface area contributed by atoms with Gasteiger partial charge in [0.2, 0.25) is 5.95 Å². The lowest BCUT2D eigenvalue weighted by atomic mass is 10.0. The van der Waals surface area contributed by atoms with Crippen LogP contribution in [0.15, 0.2) is 30.6 Å². The van der Waals surface area contributed by atoms with Gasteiger partial charge in [-0.3, -0.25) is 0 Å². The minimum Gasteiger partial charge on any atom is -0.356 e. The summed E-state index contributed by atoms with van der Waals surface area (Å²) in [5.74, 6) is 0.146. The lowest BCUT2D eigenvalue weighted by Crippen LogP contribution is -2.43. The summed E-state index contributed by atoms with van der Waals surface area (Å²) in [6.45, 7) is 3.36. The zero-order valence-corrected chi connectivity index (χ0v) is 19.8. The van der Waals surface area contributed by atoms with Crippen molar-refractivity contribution in [3.05, 3.63) is 36.2 Å². The predicted octanol–water partition coefficient (Wildman–Crippen LogP) is 4.41. The molecule has 6 rings (SSSR count). The highest BCUT2D eigenvalue weighted by molar-refractivity contribution is 6.03. The molecule has 2 aliphatic rings. The van der Waals surface area contributed by atoms with E-state index in [4.69, 9.17) is 4.74 Å². The Bertz CT molecular complexity index is 1380. The van der Waals surface area contributed by atoms with Crippen molar-refractivity contribution in [2.45, 2.75) is 63.5 Å². The highest BCUT2D eigenvalue weighted by Gasteiger charge is 2.38. The standard InChI is InChI=1S/C24H27F3N8O/c1-14-8-9-15(12-28-14)30-23-29-13-16(24(25,26)27)20(31-23)21-19-17-6-2-4-10-34(17)33-22(19)35(32-21)18-7-3-5-11-36-18/h2,4,6,10,13-15,18,28H,3,5,7-9,11-12H2,1H3,(H,29,30,31)/t14-,15-,18?/m0/s1. The van der Waals surface area contributed by atoms with Crippen molar-refractivity contribution in [2.75, 3.05) is 18.5 Å². The minimum atomic E-state index is -4.66. The van der Waals surface area contributed by atoms with Crippen molar-refractivity contribution in [2.24, 2.45) is 0 Å². The van der Waals surface area contributed by atoms with Gasteiger partial charge in [-0.05, 0) is 51.2 Å². The fourth-order valence-electron chi connectivity index (χ4n) is 5.01. The molecule has 1 unspecified atom stereocenters. The van der Waals surface area contributed by atoms with Crippen molar-refractivity contribution in [1.82, 2.24) is 34.7 Å². The number of anilines is 1. The molecule has 0 radical (unpaired) electrons. The Morgan fingerprint density at radius 3 is 2.75 bits per heavy atom. The lowest BCUT2D eigenvalue weighted by molar-refractivity contribution is -0.137. The van der Waals surface area contributed by atoms with Crippen LogP contribution in [0.1, 0.15) is 50.8 Å². The number of fused-ring (bicyclic) bond motifs is 3. The molecule has 2 aliphatic heterocycles. The molecule has 6 heterocycles. The summed E-state index contributed by atoms with van der Waals surface area (Å²) in [4.78, 5) is 8.41. The van der Waals surface area contributed by atoms with Gasteiger partial charge < -0.3 is 15.4 Å². The average molecular weight is 501 g/mol. The zero-order chi connectivity index (χ0) is 24.9. The smallest absolute Gasteiger partial charge is 0.356 e. The van der Waals surface area contributed by atoms with E-state index < -0.39 is 18.0 Å². The quantitative estimate of drug-likeness (QED) is 0.429. The second-order valence-electron chi connectivity index (χ2n) is 9.53. The van der Waals surface area contributed by atoms with E-state index >= 15 is 0 Å². The molecule has 0 saturated carbocycles. The number of nitrogens with zero attached hydrogens (tertiary/aromatic N) is 6. The van der Waals surface area contributed by atoms with Gasteiger partial charge in [0, 0.05) is 37.6 Å². The van der Waals surface area contributed by atoms with Crippen molar-refractivity contribution >= 4 is 22.5 Å². The van der Waals surface area contributed by atoms with Crippen LogP contribution >= 0.6 is 0 Å². The summed E-state index contributed by atoms with van der Waals surface area (Å²) in [5, 5.41) is 16.4. The Kier molecular flexibility index (Phi) is 5.79. The topological polar surface area (TPSA) is 94.2 Å². The normalized spacial score (nSPS) is 23.4. The summed E-state index contributed by atoms with van der Waals surface area (Å²) in [7, 11) is 0. The average Bonchev–Trinajstić information content (AvgIpc) is 3.43. The van der Waals surface area contributed by atoms with E-state index in [1.165, 1.54) is 0 Å². The molecule has 2 saturated heterocycles. The van der Waals surface area contributed by atoms with Gasteiger partial charge >= 0.3 is 6.18 Å². The largest absolute Gasteiger partial charge is 0.420 e. The number of halogens is 3. The van der Waals surface area contributed by atoms with E-state index in [1.54, 1.807) is 15.4 Å². The first kappa shape index (κ1) is 23.2. The van der Waals surface area contributed by atoms with Gasteiger partial charge in [0.05, 0.1) is 10.9 Å². The minimum absolute atomic E-state index is 0.0241. The van der Waals surface area contributed by atoms with Gasteiger partial charge in [-0.15, -0.1) is 5.10 Å². The fourth-order valence-corrected chi connectivity index (χ4v) is 5.01. The molecule has 0 aromatic carbocycles. The molecular formula is C24H27F3N8O. The summed E-state index contributed by atoms with van der Waals surface area (Å²) in [6.07, 6.45) is 1.97. The Hall–Kier alpha value is -3.25. The SMILES string of the molecule is C[C@H]1CC[C@H](Nc2ncc(C(F)(F)F)c(-c3nn(C4CCCCO4)c4nn5ccccc5c34)n2)CN1. The van der Waals surface area contributed by atoms with Gasteiger partial charge in [0.15, 0.2) is 11.9 Å². The number of alkyl halides is 3. The van der Waals surface area contributed by atoms with Gasteiger partial charge in [-0.25, -0.2) is 19.2 Å². The van der Waals surface area contributed by atoms with E-state index in [9.17, 15) is 13.2 Å². The first-order valence-corrected chi connectivity index (χ1v) is 12.3. The molecular weight excluding hydrogens is 473 g/mol. The molecule has 36 heavy (non-hydrogen) atoms. The van der Waals surface area contributed by atoms with Crippen molar-refractivity contribution in [1.29, 1.82) is 0 Å². The lowest BCUT2D eigenvalue weighted by Gasteiger charge is -2.28. The highest BCUT2D eigenvalue weighted by atomic mass is 19.4. The zero-order valence-electron chi connectivity index (χ0n) is 19.8. The van der Waals surface area contributed by atoms with E-state index in [0.717, 1.165) is 31.9 Å². The van der Waals surface area contributed by atoms with Gasteiger partial charge in [-0.1, -0.05) is 6.07 Å². The number of hydrogen-bond acceptors (Lipinski definition) is 7. The molecule has 0 amide bonds. The van der Waals surface area contributed by atoms with Crippen molar-refractivity contribution < 1.29 is 17.9 Å². The Balaban J connectivity index is 1.51. The van der Waals surface area contributed by atoms with Gasteiger partial charge in [0.1, 0.15) is 17.0 Å². The molecule has 0 aliphatic carbocycles. The van der Waals surface area contributed by atoms with Crippen LogP contribution in [0.5, 0.6) is 0 Å². The van der Waals surface area contributed by atoms with E-state index in [1.807, 2.05) is 18.2 Å². The van der Waals surface area contributed by atoms with Gasteiger partial charge in [-0.2, -0.15) is 18.3 Å². The molecule has 3 atom stereocenters. The number of hydrogen-bond donors (Lipinski definition) is 2. The number of pyridine rings is 1. The number of piperidine rings is 1. The van der Waals surface area contributed by atoms with Gasteiger partial charge in [0.25, 0.3) is 0 Å². The predicted molar refractivity (Wildman–Crippen MR) is 127 cm³/mol. The van der Waals surface area contributed by atoms with E-state index in [2.05, 4.69) is 37.7 Å². The molecule has 0 spiro atoms. The second-order valence-corrected chi connectivity index (χ2v) is 9.53. The monoisotopic (exact) mass is 500 g/mol. The number of ether oxygens (including phenoxy) is 1. The van der Waals surface area contributed by atoms with E-state index in [-0.39, 0.29) is 23.4 Å². The summed E-state index contributed by atoms with van der Waals surface area (Å²) < 4.78 is 51.7. The second kappa shape index (κ2) is 9.00. The molecule has 4 aromatic rings. The Morgan fingerprint density at radius 1 is 1.11 bits per heavy atom. The Labute approximate surface area is 205 Å². The summed E-state index contributed by atoms with van der Waals surface area (Å²) in [6, 6.07) is 5.89. The molecule has 0 bridgehead atoms. The molecule has 4 aromatic heterocycles. The van der Waals surface area contributed by atoms with Crippen LogP contribution < -0.4 is 10.6 Å². The third kappa shape index (κ3) is 4.17. The van der Waals surface area contributed by atoms with Crippen LogP contribution in [0.2, 0.25) is 0 Å². The maximum atomic E-state index is 14.2. The molecule has 12 heteroatoms. The fraction of sp³-hybridized carbons (Fsp3) is 0.500. The highest BCUT2D eigenvalue weighted by Crippen LogP contribution is 2.40. The molecule has 2 fully saturated rings. The van der Waals surface area contributed by atoms with Crippen LogP contribution in [0.4, 0.5) is 19.1 Å². The maximum absolute atomic E-state index is 14.2. The van der Waals surface area contributed by atoms with Crippen molar-refractivity contribution in [3.8, 4) is 11.4 Å². The van der Waals surface area contributed by atoms with Crippen molar-refractivity contribution in [3.63, 3.8) is 0 Å². The van der Waals surface area contributed by atoms with Crippen LogP contribution in [-0.4, -0.2) is 54.6 Å². The molecule has 190 valence electrons. The number of aromatic nitrogens is 6. The third-order valence-electron chi connectivity index (χ3n) is 6.92. The summed E-state index contributed by atoms with van der Waals surface area (Å²) in [5.41, 5.74) is 0.0323. The van der Waals surface area contributed by atoms with Crippen LogP contribution in [-0.2, 0) is 10.9 Å². The van der Waals surface area contributed by atoms with Crippen LogP contribution in [0, 0.1) is 0 Å². The molecule has 2 N–H and O–H groups in total. The number of rotatable bonds is 4. The van der Waals surface area contributed by atoms with E-state index in [0.29, 0.717) is 42.2 Å².